The highest BCUT2D eigenvalue weighted by atomic mass is 35.5. The van der Waals surface area contributed by atoms with Gasteiger partial charge in [0.05, 0.1) is 29.0 Å². The van der Waals surface area contributed by atoms with E-state index in [0.717, 1.165) is 27.4 Å². The number of aliphatic hydroxyl groups excluding tert-OH is 1. The SMILES string of the molecule is NCc1cccc(Cl)c1N1c2ccccc2SC1NC(=O)NC(CO)Cc1ccccc1. The van der Waals surface area contributed by atoms with Gasteiger partial charge in [-0.2, -0.15) is 0 Å². The molecule has 1 aliphatic rings. The zero-order valence-corrected chi connectivity index (χ0v) is 18.9. The Hall–Kier alpha value is -2.71. The molecule has 1 aliphatic heterocycles. The van der Waals surface area contributed by atoms with Gasteiger partial charge < -0.3 is 26.4 Å². The van der Waals surface area contributed by atoms with Crippen LogP contribution in [-0.2, 0) is 13.0 Å². The molecule has 166 valence electrons. The summed E-state index contributed by atoms with van der Waals surface area (Å²) in [6.45, 7) is 0.160. The molecule has 3 aromatic rings. The fourth-order valence-electron chi connectivity index (χ4n) is 3.78. The minimum atomic E-state index is -0.423. The Balaban J connectivity index is 1.55. The number of anilines is 2. The zero-order chi connectivity index (χ0) is 22.5. The van der Waals surface area contributed by atoms with Crippen molar-refractivity contribution < 1.29 is 9.90 Å². The lowest BCUT2D eigenvalue weighted by molar-refractivity contribution is 0.215. The van der Waals surface area contributed by atoms with Gasteiger partial charge in [-0.25, -0.2) is 4.79 Å². The van der Waals surface area contributed by atoms with Crippen LogP contribution in [-0.4, -0.2) is 29.3 Å². The predicted molar refractivity (Wildman–Crippen MR) is 130 cm³/mol. The Kier molecular flexibility index (Phi) is 7.22. The number of benzene rings is 3. The second kappa shape index (κ2) is 10.3. The molecule has 0 bridgehead atoms. The third kappa shape index (κ3) is 4.86. The minimum absolute atomic E-state index is 0.161. The molecule has 4 rings (SSSR count). The first-order valence-corrected chi connectivity index (χ1v) is 11.6. The number of urea groups is 1. The third-order valence-corrected chi connectivity index (χ3v) is 6.72. The molecule has 2 unspecified atom stereocenters. The van der Waals surface area contributed by atoms with E-state index in [0.29, 0.717) is 18.0 Å². The molecule has 0 saturated carbocycles. The standard InChI is InChI=1S/C24H25ClN4O2S/c25-19-10-6-9-17(14-26)22(19)29-20-11-4-5-12-21(20)32-24(29)28-23(31)27-18(15-30)13-16-7-2-1-3-8-16/h1-12,18,24,30H,13-15,26H2,(H2,27,28,31). The van der Waals surface area contributed by atoms with E-state index in [1.165, 1.54) is 11.8 Å². The Morgan fingerprint density at radius 2 is 1.84 bits per heavy atom. The second-order valence-corrected chi connectivity index (χ2v) is 8.98. The number of thioether (sulfide) groups is 1. The molecule has 3 aromatic carbocycles. The van der Waals surface area contributed by atoms with Gasteiger partial charge in [0.1, 0.15) is 0 Å². The molecule has 2 atom stereocenters. The number of nitrogens with two attached hydrogens (primary N) is 1. The number of rotatable bonds is 7. The van der Waals surface area contributed by atoms with Crippen LogP contribution in [0.1, 0.15) is 11.1 Å². The number of fused-ring (bicyclic) bond motifs is 1. The quantitative estimate of drug-likeness (QED) is 0.416. The van der Waals surface area contributed by atoms with Crippen molar-refractivity contribution in [2.45, 2.75) is 29.4 Å². The second-order valence-electron chi connectivity index (χ2n) is 7.45. The molecule has 2 amide bonds. The number of hydrogen-bond acceptors (Lipinski definition) is 5. The Morgan fingerprint density at radius 3 is 2.59 bits per heavy atom. The van der Waals surface area contributed by atoms with E-state index in [2.05, 4.69) is 10.6 Å². The summed E-state index contributed by atoms with van der Waals surface area (Å²) in [4.78, 5) is 15.9. The Labute approximate surface area is 196 Å². The average Bonchev–Trinajstić information content (AvgIpc) is 3.16. The molecule has 8 heteroatoms. The lowest BCUT2D eigenvalue weighted by atomic mass is 10.1. The maximum atomic E-state index is 12.9. The van der Waals surface area contributed by atoms with Crippen LogP contribution < -0.4 is 21.3 Å². The summed E-state index contributed by atoms with van der Waals surface area (Å²) in [7, 11) is 0. The molecule has 6 nitrogen and oxygen atoms in total. The van der Waals surface area contributed by atoms with Crippen molar-refractivity contribution >= 4 is 40.8 Å². The van der Waals surface area contributed by atoms with Crippen LogP contribution in [0.15, 0.2) is 77.7 Å². The van der Waals surface area contributed by atoms with Crippen LogP contribution >= 0.6 is 23.4 Å². The third-order valence-electron chi connectivity index (χ3n) is 5.26. The molecule has 32 heavy (non-hydrogen) atoms. The highest BCUT2D eigenvalue weighted by Gasteiger charge is 2.34. The average molecular weight is 469 g/mol. The van der Waals surface area contributed by atoms with Gasteiger partial charge in [-0.05, 0) is 35.7 Å². The molecule has 0 spiro atoms. The lowest BCUT2D eigenvalue weighted by Crippen LogP contribution is -2.50. The molecule has 0 fully saturated rings. The van der Waals surface area contributed by atoms with Crippen LogP contribution in [0.4, 0.5) is 16.2 Å². The number of aliphatic hydroxyl groups is 1. The first-order valence-electron chi connectivity index (χ1n) is 10.3. The van der Waals surface area contributed by atoms with Gasteiger partial charge in [-0.1, -0.05) is 78.0 Å². The van der Waals surface area contributed by atoms with Gasteiger partial charge in [0.15, 0.2) is 5.50 Å². The molecule has 0 aromatic heterocycles. The highest BCUT2D eigenvalue weighted by Crippen LogP contribution is 2.49. The number of nitrogens with zero attached hydrogens (tertiary/aromatic N) is 1. The number of carbonyl (C=O) groups is 1. The summed E-state index contributed by atoms with van der Waals surface area (Å²) in [6.07, 6.45) is 0.536. The monoisotopic (exact) mass is 468 g/mol. The van der Waals surface area contributed by atoms with E-state index in [1.807, 2.05) is 77.7 Å². The molecule has 5 N–H and O–H groups in total. The van der Waals surface area contributed by atoms with Crippen molar-refractivity contribution in [2.24, 2.45) is 5.73 Å². The van der Waals surface area contributed by atoms with Crippen LogP contribution in [0.2, 0.25) is 5.02 Å². The summed E-state index contributed by atoms with van der Waals surface area (Å²) in [6, 6.07) is 22.5. The summed E-state index contributed by atoms with van der Waals surface area (Å²) < 4.78 is 0. The van der Waals surface area contributed by atoms with Crippen molar-refractivity contribution in [2.75, 3.05) is 11.5 Å². The summed E-state index contributed by atoms with van der Waals surface area (Å²) in [5.74, 6) is 0. The largest absolute Gasteiger partial charge is 0.394 e. The van der Waals surface area contributed by atoms with E-state index in [4.69, 9.17) is 17.3 Å². The van der Waals surface area contributed by atoms with Gasteiger partial charge >= 0.3 is 6.03 Å². The maximum absolute atomic E-state index is 12.9. The molecular formula is C24H25ClN4O2S. The van der Waals surface area contributed by atoms with Crippen LogP contribution in [0.25, 0.3) is 0 Å². The smallest absolute Gasteiger partial charge is 0.317 e. The number of para-hydroxylation sites is 2. The van der Waals surface area contributed by atoms with Crippen molar-refractivity contribution in [3.63, 3.8) is 0 Å². The maximum Gasteiger partial charge on any atom is 0.317 e. The summed E-state index contributed by atoms with van der Waals surface area (Å²) in [5.41, 5.74) is 9.23. The number of halogens is 1. The van der Waals surface area contributed by atoms with Gasteiger partial charge in [0.25, 0.3) is 0 Å². The first kappa shape index (κ1) is 22.5. The van der Waals surface area contributed by atoms with Crippen molar-refractivity contribution in [3.05, 3.63) is 88.9 Å². The van der Waals surface area contributed by atoms with Gasteiger partial charge in [-0.3, -0.25) is 0 Å². The van der Waals surface area contributed by atoms with Crippen LogP contribution in [0.3, 0.4) is 0 Å². The van der Waals surface area contributed by atoms with Gasteiger partial charge in [0, 0.05) is 11.4 Å². The van der Waals surface area contributed by atoms with Gasteiger partial charge in [0.2, 0.25) is 0 Å². The van der Waals surface area contributed by atoms with E-state index in [-0.39, 0.29) is 12.6 Å². The van der Waals surface area contributed by atoms with Gasteiger partial charge in [-0.15, -0.1) is 0 Å². The fourth-order valence-corrected chi connectivity index (χ4v) is 5.24. The number of amides is 2. The van der Waals surface area contributed by atoms with Crippen LogP contribution in [0, 0.1) is 0 Å². The lowest BCUT2D eigenvalue weighted by Gasteiger charge is -2.30. The first-order chi connectivity index (χ1) is 15.6. The fraction of sp³-hybridized carbons (Fsp3) is 0.208. The van der Waals surface area contributed by atoms with Crippen LogP contribution in [0.5, 0.6) is 0 Å². The highest BCUT2D eigenvalue weighted by molar-refractivity contribution is 8.00. The van der Waals surface area contributed by atoms with E-state index in [9.17, 15) is 9.90 Å². The number of carbonyl (C=O) groups excluding carboxylic acids is 1. The Bertz CT molecular complexity index is 1080. The normalized spacial score (nSPS) is 15.8. The van der Waals surface area contributed by atoms with Crippen molar-refractivity contribution in [1.82, 2.24) is 10.6 Å². The molecule has 0 radical (unpaired) electrons. The Morgan fingerprint density at radius 1 is 1.09 bits per heavy atom. The van der Waals surface area contributed by atoms with Crippen molar-refractivity contribution in [3.8, 4) is 0 Å². The predicted octanol–water partition coefficient (Wildman–Crippen LogP) is 4.23. The number of nitrogens with one attached hydrogen (secondary N) is 2. The molecule has 0 saturated heterocycles. The minimum Gasteiger partial charge on any atom is -0.394 e. The summed E-state index contributed by atoms with van der Waals surface area (Å²) >= 11 is 8.11. The molecule has 1 heterocycles. The van der Waals surface area contributed by atoms with E-state index < -0.39 is 11.5 Å². The van der Waals surface area contributed by atoms with E-state index >= 15 is 0 Å². The number of hydrogen-bond donors (Lipinski definition) is 4. The van der Waals surface area contributed by atoms with Crippen molar-refractivity contribution in [1.29, 1.82) is 0 Å². The topological polar surface area (TPSA) is 90.6 Å². The molecule has 0 aliphatic carbocycles. The zero-order valence-electron chi connectivity index (χ0n) is 17.4. The van der Waals surface area contributed by atoms with E-state index in [1.54, 1.807) is 0 Å². The summed E-state index contributed by atoms with van der Waals surface area (Å²) in [5, 5.41) is 16.3. The molecular weight excluding hydrogens is 444 g/mol.